The van der Waals surface area contributed by atoms with Gasteiger partial charge in [0, 0.05) is 5.75 Å². The Balaban J connectivity index is 2.38. The zero-order chi connectivity index (χ0) is 19.5. The van der Waals surface area contributed by atoms with Crippen molar-refractivity contribution in [1.29, 1.82) is 0 Å². The number of aromatic nitrogens is 1. The number of hydrogen-bond acceptors (Lipinski definition) is 4. The molecule has 2 aromatic rings. The average molecular weight is 424 g/mol. The predicted molar refractivity (Wildman–Crippen MR) is 129 cm³/mol. The van der Waals surface area contributed by atoms with Crippen molar-refractivity contribution in [2.24, 2.45) is 0 Å². The summed E-state index contributed by atoms with van der Waals surface area (Å²) in [5, 5.41) is 0. The monoisotopic (exact) mass is 423 g/mol. The second-order valence-corrected chi connectivity index (χ2v) is 11.1. The molecule has 1 nitrogen and oxygen atoms in total. The lowest BCUT2D eigenvalue weighted by molar-refractivity contribution is 0.738. The van der Waals surface area contributed by atoms with Gasteiger partial charge in [0.25, 0.3) is 0 Å². The van der Waals surface area contributed by atoms with Crippen LogP contribution in [0.3, 0.4) is 0 Å². The highest BCUT2D eigenvalue weighted by Gasteiger charge is 2.17. The Morgan fingerprint density at radius 2 is 1.44 bits per heavy atom. The first-order chi connectivity index (χ1) is 13.2. The Bertz CT molecular complexity index is 678. The van der Waals surface area contributed by atoms with E-state index in [0.717, 1.165) is 0 Å². The van der Waals surface area contributed by atoms with E-state index in [2.05, 4.69) is 33.8 Å². The lowest BCUT2D eigenvalue weighted by atomic mass is 9.90. The van der Waals surface area contributed by atoms with Gasteiger partial charge >= 0.3 is 0 Å². The number of aryl methyl sites for hydroxylation is 2. The van der Waals surface area contributed by atoms with Crippen LogP contribution in [0.4, 0.5) is 0 Å². The molecule has 0 N–H and O–H groups in total. The number of thiazole rings is 1. The van der Waals surface area contributed by atoms with Crippen molar-refractivity contribution in [3.8, 4) is 0 Å². The number of fused-ring (bicyclic) bond motifs is 1. The van der Waals surface area contributed by atoms with Crippen molar-refractivity contribution in [1.82, 2.24) is 4.98 Å². The van der Waals surface area contributed by atoms with Crippen LogP contribution in [-0.2, 0) is 19.3 Å². The second kappa shape index (κ2) is 13.1. The Labute approximate surface area is 178 Å². The molecule has 0 aliphatic rings. The summed E-state index contributed by atoms with van der Waals surface area (Å²) in [6.45, 7) is 9.17. The van der Waals surface area contributed by atoms with Crippen LogP contribution in [0.15, 0.2) is 10.4 Å². The first-order valence-corrected chi connectivity index (χ1v) is 14.1. The van der Waals surface area contributed by atoms with Gasteiger partial charge in [-0.2, -0.15) is 0 Å². The summed E-state index contributed by atoms with van der Waals surface area (Å²) in [6, 6.07) is 2.49. The van der Waals surface area contributed by atoms with E-state index in [4.69, 9.17) is 4.98 Å². The third kappa shape index (κ3) is 6.97. The average Bonchev–Trinajstić information content (AvgIpc) is 3.08. The molecule has 27 heavy (non-hydrogen) atoms. The Hall–Kier alpha value is -0.190. The normalized spacial score (nSPS) is 11.6. The lowest BCUT2D eigenvalue weighted by Crippen LogP contribution is -2.03. The van der Waals surface area contributed by atoms with Crippen LogP contribution >= 0.6 is 32.9 Å². The van der Waals surface area contributed by atoms with Gasteiger partial charge in [-0.25, -0.2) is 4.98 Å². The molecule has 152 valence electrons. The number of unbranched alkanes of at least 4 members (excludes halogenated alkanes) is 4. The number of nitrogens with zero attached hydrogens (tertiary/aromatic N) is 1. The second-order valence-electron chi connectivity index (χ2n) is 7.39. The summed E-state index contributed by atoms with van der Waals surface area (Å²) in [5.41, 5.74) is 6.16. The van der Waals surface area contributed by atoms with E-state index in [1.54, 1.807) is 16.7 Å². The molecule has 4 heteroatoms. The Kier molecular flexibility index (Phi) is 11.2. The van der Waals surface area contributed by atoms with E-state index in [0.29, 0.717) is 0 Å². The van der Waals surface area contributed by atoms with Crippen molar-refractivity contribution in [3.63, 3.8) is 0 Å². The minimum atomic E-state index is 1.20. The van der Waals surface area contributed by atoms with Gasteiger partial charge in [0.1, 0.15) is 0 Å². The smallest absolute Gasteiger partial charge is 0.161 e. The number of rotatable bonds is 14. The standard InChI is InChI=1S/C23H37NS3/c1-5-9-13-18-17-21-22(24-23(26-21)27-25-16-12-8-4)20(15-11-7-3)19(18)14-10-6-2/h17H,5-16H2,1-4H3. The van der Waals surface area contributed by atoms with Gasteiger partial charge in [-0.1, -0.05) is 64.2 Å². The van der Waals surface area contributed by atoms with Gasteiger partial charge < -0.3 is 0 Å². The van der Waals surface area contributed by atoms with Crippen molar-refractivity contribution in [2.45, 2.75) is 103 Å². The van der Waals surface area contributed by atoms with Crippen LogP contribution in [0.1, 0.15) is 95.8 Å². The van der Waals surface area contributed by atoms with Crippen LogP contribution in [-0.4, -0.2) is 10.7 Å². The molecule has 1 aromatic heterocycles. The van der Waals surface area contributed by atoms with Gasteiger partial charge in [-0.05, 0) is 78.5 Å². The van der Waals surface area contributed by atoms with Crippen LogP contribution in [0, 0.1) is 0 Å². The van der Waals surface area contributed by atoms with Crippen LogP contribution < -0.4 is 0 Å². The Morgan fingerprint density at radius 3 is 2.11 bits per heavy atom. The SMILES string of the molecule is CCCCSSc1nc2c(CCCC)c(CCCC)c(CCCC)cc2s1. The van der Waals surface area contributed by atoms with E-state index in [9.17, 15) is 0 Å². The maximum atomic E-state index is 5.11. The number of hydrogen-bond donors (Lipinski definition) is 0. The highest BCUT2D eigenvalue weighted by atomic mass is 33.1. The summed E-state index contributed by atoms with van der Waals surface area (Å²) in [5.74, 6) is 1.23. The summed E-state index contributed by atoms with van der Waals surface area (Å²) in [4.78, 5) is 5.11. The fraction of sp³-hybridized carbons (Fsp3) is 0.696. The lowest BCUT2D eigenvalue weighted by Gasteiger charge is -2.16. The molecule has 0 unspecified atom stereocenters. The fourth-order valence-electron chi connectivity index (χ4n) is 3.42. The molecular weight excluding hydrogens is 386 g/mol. The van der Waals surface area contributed by atoms with Gasteiger partial charge in [0.15, 0.2) is 4.34 Å². The Morgan fingerprint density at radius 1 is 0.815 bits per heavy atom. The third-order valence-electron chi connectivity index (χ3n) is 5.05. The van der Waals surface area contributed by atoms with Crippen LogP contribution in [0.5, 0.6) is 0 Å². The molecule has 0 aliphatic heterocycles. The van der Waals surface area contributed by atoms with Gasteiger partial charge in [-0.15, -0.1) is 11.3 Å². The molecule has 1 heterocycles. The van der Waals surface area contributed by atoms with Crippen molar-refractivity contribution in [2.75, 3.05) is 5.75 Å². The maximum absolute atomic E-state index is 5.11. The quantitative estimate of drug-likeness (QED) is 0.222. The zero-order valence-electron chi connectivity index (χ0n) is 17.7. The van der Waals surface area contributed by atoms with E-state index >= 15 is 0 Å². The van der Waals surface area contributed by atoms with E-state index in [1.807, 2.05) is 32.9 Å². The molecule has 0 radical (unpaired) electrons. The third-order valence-corrected chi connectivity index (χ3v) is 8.80. The maximum Gasteiger partial charge on any atom is 0.161 e. The molecule has 0 fully saturated rings. The predicted octanol–water partition coefficient (Wildman–Crippen LogP) is 8.86. The van der Waals surface area contributed by atoms with Crippen LogP contribution in [0.25, 0.3) is 10.2 Å². The van der Waals surface area contributed by atoms with Crippen molar-refractivity contribution >= 4 is 43.1 Å². The zero-order valence-corrected chi connectivity index (χ0v) is 20.2. The minimum Gasteiger partial charge on any atom is -0.228 e. The van der Waals surface area contributed by atoms with E-state index in [-0.39, 0.29) is 0 Å². The van der Waals surface area contributed by atoms with E-state index in [1.165, 1.54) is 90.9 Å². The highest BCUT2D eigenvalue weighted by molar-refractivity contribution is 8.77. The van der Waals surface area contributed by atoms with Gasteiger partial charge in [0.05, 0.1) is 10.2 Å². The topological polar surface area (TPSA) is 12.9 Å². The number of benzene rings is 1. The summed E-state index contributed by atoms with van der Waals surface area (Å²) in [6.07, 6.45) is 13.9. The highest BCUT2D eigenvalue weighted by Crippen LogP contribution is 2.40. The summed E-state index contributed by atoms with van der Waals surface area (Å²) < 4.78 is 2.67. The summed E-state index contributed by atoms with van der Waals surface area (Å²) in [7, 11) is 3.86. The fourth-order valence-corrected chi connectivity index (χ4v) is 7.09. The van der Waals surface area contributed by atoms with Crippen molar-refractivity contribution < 1.29 is 0 Å². The molecule has 0 bridgehead atoms. The molecule has 0 saturated carbocycles. The van der Waals surface area contributed by atoms with E-state index < -0.39 is 0 Å². The summed E-state index contributed by atoms with van der Waals surface area (Å²) >= 11 is 1.91. The van der Waals surface area contributed by atoms with Crippen LogP contribution in [0.2, 0.25) is 0 Å². The molecular formula is C23H37NS3. The molecule has 2 rings (SSSR count). The molecule has 1 aromatic carbocycles. The molecule has 0 saturated heterocycles. The molecule has 0 amide bonds. The van der Waals surface area contributed by atoms with Crippen molar-refractivity contribution in [3.05, 3.63) is 22.8 Å². The van der Waals surface area contributed by atoms with Gasteiger partial charge in [0.2, 0.25) is 0 Å². The molecule has 0 aliphatic carbocycles. The van der Waals surface area contributed by atoms with Gasteiger partial charge in [-0.3, -0.25) is 0 Å². The first kappa shape index (κ1) is 23.1. The largest absolute Gasteiger partial charge is 0.228 e. The first-order valence-electron chi connectivity index (χ1n) is 11.0. The minimum absolute atomic E-state index is 1.20. The molecule has 0 spiro atoms. The molecule has 0 atom stereocenters.